The van der Waals surface area contributed by atoms with Crippen LogP contribution in [0.25, 0.3) is 0 Å². The summed E-state index contributed by atoms with van der Waals surface area (Å²) in [7, 11) is -3.57. The van der Waals surface area contributed by atoms with Gasteiger partial charge in [-0.2, -0.15) is 9.29 Å². The average Bonchev–Trinajstić information content (AvgIpc) is 3.08. The first-order valence-corrected chi connectivity index (χ1v) is 10.6. The molecular weight excluding hydrogens is 376 g/mol. The fourth-order valence-corrected chi connectivity index (χ4v) is 4.82. The van der Waals surface area contributed by atoms with Crippen molar-refractivity contribution in [3.05, 3.63) is 41.0 Å². The van der Waals surface area contributed by atoms with Crippen molar-refractivity contribution in [1.29, 1.82) is 0 Å². The fraction of sp³-hybridized carbons (Fsp3) is 0.529. The molecule has 0 unspecified atom stereocenters. The standard InChI is InChI=1S/C17H23ClN4O3S/c1-2-3-8-16-19-17(25-20-16)13-21-9-11-22(12-10-21)26(23,24)15-7-5-4-6-14(15)18/h4-7H,2-3,8-13H2,1H3. The van der Waals surface area contributed by atoms with Crippen LogP contribution in [-0.2, 0) is 23.0 Å². The van der Waals surface area contributed by atoms with E-state index in [-0.39, 0.29) is 9.92 Å². The van der Waals surface area contributed by atoms with E-state index in [2.05, 4.69) is 22.0 Å². The highest BCUT2D eigenvalue weighted by Gasteiger charge is 2.30. The van der Waals surface area contributed by atoms with Crippen LogP contribution in [0.3, 0.4) is 0 Å². The van der Waals surface area contributed by atoms with Gasteiger partial charge < -0.3 is 4.52 Å². The first-order chi connectivity index (χ1) is 12.5. The zero-order chi connectivity index (χ0) is 18.6. The van der Waals surface area contributed by atoms with Gasteiger partial charge in [-0.15, -0.1) is 0 Å². The molecule has 0 radical (unpaired) electrons. The van der Waals surface area contributed by atoms with E-state index in [9.17, 15) is 8.42 Å². The Kier molecular flexibility index (Phi) is 6.29. The summed E-state index contributed by atoms with van der Waals surface area (Å²) in [5, 5.41) is 4.24. The Balaban J connectivity index is 1.57. The van der Waals surface area contributed by atoms with Crippen molar-refractivity contribution in [2.75, 3.05) is 26.2 Å². The average molecular weight is 399 g/mol. The molecule has 7 nitrogen and oxygen atoms in total. The number of aryl methyl sites for hydroxylation is 1. The number of nitrogens with zero attached hydrogens (tertiary/aromatic N) is 4. The Labute approximate surface area is 159 Å². The van der Waals surface area contributed by atoms with Gasteiger partial charge in [0.25, 0.3) is 0 Å². The lowest BCUT2D eigenvalue weighted by atomic mass is 10.2. The molecule has 26 heavy (non-hydrogen) atoms. The molecule has 9 heteroatoms. The first kappa shape index (κ1) is 19.3. The van der Waals surface area contributed by atoms with Gasteiger partial charge in [0.2, 0.25) is 15.9 Å². The number of sulfonamides is 1. The molecule has 2 heterocycles. The van der Waals surface area contributed by atoms with Crippen molar-refractivity contribution in [2.45, 2.75) is 37.6 Å². The second kappa shape index (κ2) is 8.47. The number of rotatable bonds is 7. The van der Waals surface area contributed by atoms with E-state index in [1.165, 1.54) is 4.31 Å². The van der Waals surface area contributed by atoms with Gasteiger partial charge in [0.1, 0.15) is 4.90 Å². The lowest BCUT2D eigenvalue weighted by Crippen LogP contribution is -2.48. The number of unbranched alkanes of at least 4 members (excludes halogenated alkanes) is 1. The van der Waals surface area contributed by atoms with Crippen LogP contribution >= 0.6 is 11.6 Å². The summed E-state index contributed by atoms with van der Waals surface area (Å²) >= 11 is 6.06. The molecule has 0 amide bonds. The van der Waals surface area contributed by atoms with Gasteiger partial charge >= 0.3 is 0 Å². The first-order valence-electron chi connectivity index (χ1n) is 8.79. The predicted molar refractivity (Wildman–Crippen MR) is 98.4 cm³/mol. The number of piperazine rings is 1. The summed E-state index contributed by atoms with van der Waals surface area (Å²) < 4.78 is 32.3. The molecule has 0 bridgehead atoms. The number of halogens is 1. The summed E-state index contributed by atoms with van der Waals surface area (Å²) in [6, 6.07) is 6.54. The van der Waals surface area contributed by atoms with Crippen LogP contribution in [0.4, 0.5) is 0 Å². The van der Waals surface area contributed by atoms with Crippen LogP contribution in [0.1, 0.15) is 31.5 Å². The molecule has 3 rings (SSSR count). The lowest BCUT2D eigenvalue weighted by molar-refractivity contribution is 0.163. The summed E-state index contributed by atoms with van der Waals surface area (Å²) in [5.41, 5.74) is 0. The van der Waals surface area contributed by atoms with Crippen molar-refractivity contribution < 1.29 is 12.9 Å². The van der Waals surface area contributed by atoms with Gasteiger partial charge in [-0.25, -0.2) is 8.42 Å². The SMILES string of the molecule is CCCCc1noc(CN2CCN(S(=O)(=O)c3ccccc3Cl)CC2)n1. The van der Waals surface area contributed by atoms with Gasteiger partial charge in [-0.05, 0) is 18.6 Å². The molecule has 1 saturated heterocycles. The highest BCUT2D eigenvalue weighted by Crippen LogP contribution is 2.25. The number of hydrogen-bond donors (Lipinski definition) is 0. The van der Waals surface area contributed by atoms with Crippen LogP contribution in [0.15, 0.2) is 33.7 Å². The van der Waals surface area contributed by atoms with E-state index in [1.807, 2.05) is 0 Å². The van der Waals surface area contributed by atoms with Gasteiger partial charge in [-0.3, -0.25) is 4.90 Å². The van der Waals surface area contributed by atoms with Crippen LogP contribution in [-0.4, -0.2) is 53.9 Å². The maximum absolute atomic E-state index is 12.8. The van der Waals surface area contributed by atoms with E-state index in [1.54, 1.807) is 24.3 Å². The molecule has 0 aliphatic carbocycles. The van der Waals surface area contributed by atoms with Crippen molar-refractivity contribution >= 4 is 21.6 Å². The Bertz CT molecular complexity index is 832. The zero-order valence-corrected chi connectivity index (χ0v) is 16.3. The topological polar surface area (TPSA) is 79.5 Å². The largest absolute Gasteiger partial charge is 0.338 e. The molecule has 0 spiro atoms. The fourth-order valence-electron chi connectivity index (χ4n) is 2.90. The molecule has 1 aliphatic heterocycles. The summed E-state index contributed by atoms with van der Waals surface area (Å²) in [4.78, 5) is 6.68. The van der Waals surface area contributed by atoms with Crippen LogP contribution in [0.5, 0.6) is 0 Å². The Morgan fingerprint density at radius 1 is 1.19 bits per heavy atom. The second-order valence-corrected chi connectivity index (χ2v) is 8.63. The van der Waals surface area contributed by atoms with E-state index in [4.69, 9.17) is 16.1 Å². The van der Waals surface area contributed by atoms with Gasteiger partial charge in [0, 0.05) is 32.6 Å². The molecule has 142 valence electrons. The summed E-state index contributed by atoms with van der Waals surface area (Å²) in [5.74, 6) is 1.32. The Morgan fingerprint density at radius 2 is 1.92 bits per heavy atom. The quantitative estimate of drug-likeness (QED) is 0.713. The van der Waals surface area contributed by atoms with Crippen LogP contribution < -0.4 is 0 Å². The third kappa shape index (κ3) is 4.43. The second-order valence-electron chi connectivity index (χ2n) is 6.32. The minimum atomic E-state index is -3.57. The van der Waals surface area contributed by atoms with Gasteiger partial charge in [0.05, 0.1) is 11.6 Å². The molecule has 2 aromatic rings. The predicted octanol–water partition coefficient (Wildman–Crippen LogP) is 2.57. The van der Waals surface area contributed by atoms with Gasteiger partial charge in [-0.1, -0.05) is 42.2 Å². The van der Waals surface area contributed by atoms with E-state index < -0.39 is 10.0 Å². The molecule has 0 N–H and O–H groups in total. The minimum absolute atomic E-state index is 0.160. The third-order valence-corrected chi connectivity index (χ3v) is 6.81. The maximum atomic E-state index is 12.8. The zero-order valence-electron chi connectivity index (χ0n) is 14.8. The highest BCUT2D eigenvalue weighted by molar-refractivity contribution is 7.89. The Hall–Kier alpha value is -1.48. The molecule has 0 saturated carbocycles. The Morgan fingerprint density at radius 3 is 2.62 bits per heavy atom. The lowest BCUT2D eigenvalue weighted by Gasteiger charge is -2.33. The number of benzene rings is 1. The van der Waals surface area contributed by atoms with Crippen molar-refractivity contribution in [3.8, 4) is 0 Å². The van der Waals surface area contributed by atoms with Crippen molar-refractivity contribution in [3.63, 3.8) is 0 Å². The van der Waals surface area contributed by atoms with Crippen LogP contribution in [0, 0.1) is 0 Å². The van der Waals surface area contributed by atoms with Crippen LogP contribution in [0.2, 0.25) is 5.02 Å². The normalized spacial score (nSPS) is 16.8. The number of aromatic nitrogens is 2. The van der Waals surface area contributed by atoms with Crippen molar-refractivity contribution in [1.82, 2.24) is 19.3 Å². The molecule has 1 aromatic carbocycles. The smallest absolute Gasteiger partial charge is 0.244 e. The van der Waals surface area contributed by atoms with E-state index in [0.29, 0.717) is 38.6 Å². The van der Waals surface area contributed by atoms with E-state index >= 15 is 0 Å². The summed E-state index contributed by atoms with van der Waals surface area (Å²) in [6.45, 7) is 4.69. The number of hydrogen-bond acceptors (Lipinski definition) is 6. The monoisotopic (exact) mass is 398 g/mol. The van der Waals surface area contributed by atoms with Crippen molar-refractivity contribution in [2.24, 2.45) is 0 Å². The minimum Gasteiger partial charge on any atom is -0.338 e. The third-order valence-electron chi connectivity index (χ3n) is 4.41. The summed E-state index contributed by atoms with van der Waals surface area (Å²) in [6.07, 6.45) is 2.95. The molecule has 0 atom stereocenters. The van der Waals surface area contributed by atoms with Gasteiger partial charge in [0.15, 0.2) is 5.82 Å². The highest BCUT2D eigenvalue weighted by atomic mass is 35.5. The maximum Gasteiger partial charge on any atom is 0.244 e. The van der Waals surface area contributed by atoms with E-state index in [0.717, 1.165) is 25.1 Å². The molecule has 1 aromatic heterocycles. The molecule has 1 fully saturated rings. The molecule has 1 aliphatic rings. The molecular formula is C17H23ClN4O3S.